The molecule has 1 atom stereocenters. The maximum absolute atomic E-state index is 5.19. The third-order valence-corrected chi connectivity index (χ3v) is 2.99. The van der Waals surface area contributed by atoms with Gasteiger partial charge in [0.05, 0.1) is 13.2 Å². The summed E-state index contributed by atoms with van der Waals surface area (Å²) in [6, 6.07) is 19.0. The largest absolute Gasteiger partial charge is 0.497 e. The standard InChI is InChI=1S/C16H19NO/c1-3-17-16(13-7-5-4-6-8-13)14-9-11-15(18-2)12-10-14/h4-12,16-17H,3H2,1-2H3. The summed E-state index contributed by atoms with van der Waals surface area (Å²) in [5.74, 6) is 0.891. The molecule has 18 heavy (non-hydrogen) atoms. The Morgan fingerprint density at radius 3 is 2.11 bits per heavy atom. The van der Waals surface area contributed by atoms with E-state index in [0.717, 1.165) is 12.3 Å². The van der Waals surface area contributed by atoms with Crippen LogP contribution in [0.15, 0.2) is 54.6 Å². The van der Waals surface area contributed by atoms with Crippen LogP contribution in [0.2, 0.25) is 0 Å². The molecule has 0 saturated carbocycles. The van der Waals surface area contributed by atoms with Crippen LogP contribution in [0.5, 0.6) is 5.75 Å². The number of hydrogen-bond donors (Lipinski definition) is 1. The van der Waals surface area contributed by atoms with Crippen molar-refractivity contribution >= 4 is 0 Å². The van der Waals surface area contributed by atoms with Gasteiger partial charge in [0.15, 0.2) is 0 Å². The summed E-state index contributed by atoms with van der Waals surface area (Å²) in [6.07, 6.45) is 0. The van der Waals surface area contributed by atoms with E-state index < -0.39 is 0 Å². The van der Waals surface area contributed by atoms with E-state index >= 15 is 0 Å². The molecule has 0 saturated heterocycles. The Hall–Kier alpha value is -1.80. The Balaban J connectivity index is 2.29. The molecular formula is C16H19NO. The van der Waals surface area contributed by atoms with Gasteiger partial charge in [-0.15, -0.1) is 0 Å². The Kier molecular flexibility index (Phi) is 4.37. The average molecular weight is 241 g/mol. The summed E-state index contributed by atoms with van der Waals surface area (Å²) in [7, 11) is 1.69. The summed E-state index contributed by atoms with van der Waals surface area (Å²) >= 11 is 0. The summed E-state index contributed by atoms with van der Waals surface area (Å²) in [5.41, 5.74) is 2.54. The van der Waals surface area contributed by atoms with Crippen molar-refractivity contribution in [3.63, 3.8) is 0 Å². The second kappa shape index (κ2) is 6.22. The second-order valence-electron chi connectivity index (χ2n) is 4.17. The number of hydrogen-bond acceptors (Lipinski definition) is 2. The zero-order chi connectivity index (χ0) is 12.8. The van der Waals surface area contributed by atoms with Crippen molar-refractivity contribution in [3.8, 4) is 5.75 Å². The minimum absolute atomic E-state index is 0.238. The Morgan fingerprint density at radius 1 is 0.944 bits per heavy atom. The van der Waals surface area contributed by atoms with Gasteiger partial charge in [-0.25, -0.2) is 0 Å². The van der Waals surface area contributed by atoms with Gasteiger partial charge in [-0.05, 0) is 29.8 Å². The first kappa shape index (κ1) is 12.7. The van der Waals surface area contributed by atoms with Crippen molar-refractivity contribution in [1.82, 2.24) is 5.32 Å². The molecule has 0 spiro atoms. The predicted octanol–water partition coefficient (Wildman–Crippen LogP) is 3.39. The van der Waals surface area contributed by atoms with Crippen molar-refractivity contribution in [3.05, 3.63) is 65.7 Å². The lowest BCUT2D eigenvalue weighted by Gasteiger charge is -2.19. The first-order valence-corrected chi connectivity index (χ1v) is 6.27. The molecular weight excluding hydrogens is 222 g/mol. The van der Waals surface area contributed by atoms with Crippen LogP contribution in [0.25, 0.3) is 0 Å². The van der Waals surface area contributed by atoms with Gasteiger partial charge in [0.2, 0.25) is 0 Å². The van der Waals surface area contributed by atoms with E-state index in [2.05, 4.69) is 48.6 Å². The first-order valence-electron chi connectivity index (χ1n) is 6.27. The number of nitrogens with one attached hydrogen (secondary N) is 1. The fourth-order valence-electron chi connectivity index (χ4n) is 2.07. The molecule has 2 heteroatoms. The number of benzene rings is 2. The third-order valence-electron chi connectivity index (χ3n) is 2.99. The molecule has 0 radical (unpaired) electrons. The molecule has 1 unspecified atom stereocenters. The number of ether oxygens (including phenoxy) is 1. The number of rotatable bonds is 5. The summed E-state index contributed by atoms with van der Waals surface area (Å²) in [6.45, 7) is 3.06. The van der Waals surface area contributed by atoms with E-state index in [1.165, 1.54) is 11.1 Å². The number of methoxy groups -OCH3 is 1. The van der Waals surface area contributed by atoms with Crippen LogP contribution >= 0.6 is 0 Å². The molecule has 0 amide bonds. The highest BCUT2D eigenvalue weighted by Crippen LogP contribution is 2.23. The molecule has 94 valence electrons. The van der Waals surface area contributed by atoms with Gasteiger partial charge >= 0.3 is 0 Å². The lowest BCUT2D eigenvalue weighted by Crippen LogP contribution is -2.21. The van der Waals surface area contributed by atoms with E-state index in [9.17, 15) is 0 Å². The molecule has 0 aliphatic carbocycles. The summed E-state index contributed by atoms with van der Waals surface area (Å²) in [5, 5.41) is 3.51. The van der Waals surface area contributed by atoms with Gasteiger partial charge in [0, 0.05) is 0 Å². The Morgan fingerprint density at radius 2 is 1.56 bits per heavy atom. The van der Waals surface area contributed by atoms with Crippen LogP contribution in [0.4, 0.5) is 0 Å². The van der Waals surface area contributed by atoms with Gasteiger partial charge < -0.3 is 10.1 Å². The van der Waals surface area contributed by atoms with Gasteiger partial charge in [-0.2, -0.15) is 0 Å². The maximum atomic E-state index is 5.19. The second-order valence-corrected chi connectivity index (χ2v) is 4.17. The van der Waals surface area contributed by atoms with Gasteiger partial charge in [-0.3, -0.25) is 0 Å². The zero-order valence-electron chi connectivity index (χ0n) is 10.9. The van der Waals surface area contributed by atoms with Crippen molar-refractivity contribution in [2.75, 3.05) is 13.7 Å². The quantitative estimate of drug-likeness (QED) is 0.866. The summed E-state index contributed by atoms with van der Waals surface area (Å²) < 4.78 is 5.19. The molecule has 0 bridgehead atoms. The molecule has 1 N–H and O–H groups in total. The van der Waals surface area contributed by atoms with Crippen LogP contribution in [0, 0.1) is 0 Å². The van der Waals surface area contributed by atoms with Gasteiger partial charge in [0.25, 0.3) is 0 Å². The lowest BCUT2D eigenvalue weighted by atomic mass is 9.98. The highest BCUT2D eigenvalue weighted by atomic mass is 16.5. The topological polar surface area (TPSA) is 21.3 Å². The van der Waals surface area contributed by atoms with E-state index in [0.29, 0.717) is 0 Å². The average Bonchev–Trinajstić information content (AvgIpc) is 2.46. The van der Waals surface area contributed by atoms with Crippen molar-refractivity contribution < 1.29 is 4.74 Å². The van der Waals surface area contributed by atoms with E-state index in [-0.39, 0.29) is 6.04 Å². The van der Waals surface area contributed by atoms with E-state index in [1.807, 2.05) is 18.2 Å². The normalized spacial score (nSPS) is 12.1. The maximum Gasteiger partial charge on any atom is 0.118 e. The molecule has 2 nitrogen and oxygen atoms in total. The van der Waals surface area contributed by atoms with Crippen LogP contribution in [-0.2, 0) is 0 Å². The molecule has 2 rings (SSSR count). The predicted molar refractivity (Wildman–Crippen MR) is 75.0 cm³/mol. The van der Waals surface area contributed by atoms with Crippen LogP contribution in [0.3, 0.4) is 0 Å². The fourth-order valence-corrected chi connectivity index (χ4v) is 2.07. The molecule has 0 aliphatic heterocycles. The van der Waals surface area contributed by atoms with E-state index in [4.69, 9.17) is 4.74 Å². The fraction of sp³-hybridized carbons (Fsp3) is 0.250. The van der Waals surface area contributed by atoms with E-state index in [1.54, 1.807) is 7.11 Å². The zero-order valence-corrected chi connectivity index (χ0v) is 10.9. The Bertz CT molecular complexity index is 464. The van der Waals surface area contributed by atoms with Crippen LogP contribution in [-0.4, -0.2) is 13.7 Å². The lowest BCUT2D eigenvalue weighted by molar-refractivity contribution is 0.414. The van der Waals surface area contributed by atoms with Crippen LogP contribution < -0.4 is 10.1 Å². The SMILES string of the molecule is CCNC(c1ccccc1)c1ccc(OC)cc1. The van der Waals surface area contributed by atoms with Crippen molar-refractivity contribution in [1.29, 1.82) is 0 Å². The Labute approximate surface area is 109 Å². The molecule has 2 aromatic carbocycles. The minimum atomic E-state index is 0.238. The highest BCUT2D eigenvalue weighted by Gasteiger charge is 2.12. The highest BCUT2D eigenvalue weighted by molar-refractivity contribution is 5.35. The molecule has 0 aliphatic rings. The van der Waals surface area contributed by atoms with Gasteiger partial charge in [0.1, 0.15) is 5.75 Å². The third kappa shape index (κ3) is 2.90. The van der Waals surface area contributed by atoms with Crippen molar-refractivity contribution in [2.24, 2.45) is 0 Å². The van der Waals surface area contributed by atoms with Crippen molar-refractivity contribution in [2.45, 2.75) is 13.0 Å². The molecule has 0 fully saturated rings. The van der Waals surface area contributed by atoms with Crippen LogP contribution in [0.1, 0.15) is 24.1 Å². The molecule has 0 aromatic heterocycles. The minimum Gasteiger partial charge on any atom is -0.497 e. The monoisotopic (exact) mass is 241 g/mol. The summed E-state index contributed by atoms with van der Waals surface area (Å²) in [4.78, 5) is 0. The molecule has 2 aromatic rings. The smallest absolute Gasteiger partial charge is 0.118 e. The van der Waals surface area contributed by atoms with Gasteiger partial charge in [-0.1, -0.05) is 49.4 Å². The molecule has 0 heterocycles. The first-order chi connectivity index (χ1) is 8.85.